The molecule has 13 nitrogen and oxygen atoms in total. The fourth-order valence-corrected chi connectivity index (χ4v) is 6.67. The Morgan fingerprint density at radius 3 is 2.18 bits per heavy atom. The second-order valence-electron chi connectivity index (χ2n) is 14.7. The molecule has 2 aromatic carbocycles. The molecule has 1 aromatic heterocycles. The zero-order valence-electron chi connectivity index (χ0n) is 29.8. The van der Waals surface area contributed by atoms with Crippen LogP contribution < -0.4 is 21.3 Å². The number of hydrogen-bond donors (Lipinski definition) is 5. The third-order valence-electron chi connectivity index (χ3n) is 9.00. The molecule has 0 bridgehead atoms. The van der Waals surface area contributed by atoms with Crippen molar-refractivity contribution in [3.05, 3.63) is 71.9 Å². The fourth-order valence-electron chi connectivity index (χ4n) is 6.67. The lowest BCUT2D eigenvalue weighted by Crippen LogP contribution is -2.58. The highest BCUT2D eigenvalue weighted by Gasteiger charge is 2.42. The molecular formula is C38H48N6O7. The van der Waals surface area contributed by atoms with Crippen LogP contribution in [0.2, 0.25) is 0 Å². The van der Waals surface area contributed by atoms with Gasteiger partial charge in [0.25, 0.3) is 0 Å². The summed E-state index contributed by atoms with van der Waals surface area (Å²) in [6.07, 6.45) is 2.35. The van der Waals surface area contributed by atoms with E-state index in [1.54, 1.807) is 57.3 Å². The van der Waals surface area contributed by atoms with Crippen molar-refractivity contribution in [2.75, 3.05) is 6.54 Å². The number of ether oxygens (including phenoxy) is 1. The SMILES string of the molecule is CC(C)C[C@@H]1NC(=O)[C@@H](c2ccccc2)NC(=O)[C@@H]2CCCN2C(=O)[C@@H](CC(=O)OC(C)(C)C)NC(=O)[C@@H](Cc2c[nH]c3ccccc23)NC1=O. The Balaban J connectivity index is 1.57. The largest absolute Gasteiger partial charge is 0.460 e. The van der Waals surface area contributed by atoms with E-state index >= 15 is 0 Å². The van der Waals surface area contributed by atoms with Gasteiger partial charge in [-0.05, 0) is 63.1 Å². The summed E-state index contributed by atoms with van der Waals surface area (Å²) < 4.78 is 5.53. The highest BCUT2D eigenvalue weighted by atomic mass is 16.6. The first kappa shape index (κ1) is 37.1. The van der Waals surface area contributed by atoms with Gasteiger partial charge in [-0.3, -0.25) is 28.8 Å². The molecule has 272 valence electrons. The van der Waals surface area contributed by atoms with Gasteiger partial charge in [-0.15, -0.1) is 0 Å². The molecule has 13 heteroatoms. The molecule has 0 unspecified atom stereocenters. The maximum Gasteiger partial charge on any atom is 0.308 e. The molecule has 2 aliphatic rings. The summed E-state index contributed by atoms with van der Waals surface area (Å²) in [5.74, 6) is -3.88. The molecule has 3 aromatic rings. The van der Waals surface area contributed by atoms with Crippen molar-refractivity contribution in [3.8, 4) is 0 Å². The number of fused-ring (bicyclic) bond motifs is 2. The van der Waals surface area contributed by atoms with Crippen molar-refractivity contribution in [1.29, 1.82) is 0 Å². The van der Waals surface area contributed by atoms with E-state index in [2.05, 4.69) is 26.3 Å². The summed E-state index contributed by atoms with van der Waals surface area (Å²) >= 11 is 0. The zero-order chi connectivity index (χ0) is 36.9. The maximum absolute atomic E-state index is 14.3. The van der Waals surface area contributed by atoms with Crippen LogP contribution in [0.3, 0.4) is 0 Å². The number of nitrogens with one attached hydrogen (secondary N) is 5. The first-order chi connectivity index (χ1) is 24.2. The average Bonchev–Trinajstić information content (AvgIpc) is 3.72. The number of aromatic amines is 1. The monoisotopic (exact) mass is 700 g/mol. The lowest BCUT2D eigenvalue weighted by Gasteiger charge is -2.30. The number of para-hydroxylation sites is 1. The molecule has 0 spiro atoms. The first-order valence-corrected chi connectivity index (χ1v) is 17.5. The normalized spacial score (nSPS) is 23.8. The predicted octanol–water partition coefficient (Wildman–Crippen LogP) is 2.80. The molecule has 2 saturated heterocycles. The third-order valence-corrected chi connectivity index (χ3v) is 9.00. The second kappa shape index (κ2) is 15.8. The summed E-state index contributed by atoms with van der Waals surface area (Å²) in [6, 6.07) is 10.4. The first-order valence-electron chi connectivity index (χ1n) is 17.5. The minimum atomic E-state index is -1.40. The maximum atomic E-state index is 14.3. The molecule has 0 aliphatic carbocycles. The number of rotatable bonds is 7. The molecule has 5 amide bonds. The molecular weight excluding hydrogens is 652 g/mol. The molecule has 5 atom stereocenters. The molecule has 5 N–H and O–H groups in total. The van der Waals surface area contributed by atoms with Gasteiger partial charge in [-0.2, -0.15) is 0 Å². The van der Waals surface area contributed by atoms with Gasteiger partial charge in [0.05, 0.1) is 6.42 Å². The van der Waals surface area contributed by atoms with Gasteiger partial charge in [0, 0.05) is 30.1 Å². The smallest absolute Gasteiger partial charge is 0.308 e. The van der Waals surface area contributed by atoms with Crippen LogP contribution in [0, 0.1) is 5.92 Å². The quantitative estimate of drug-likeness (QED) is 0.235. The minimum absolute atomic E-state index is 0.0309. The zero-order valence-corrected chi connectivity index (χ0v) is 29.8. The molecule has 0 saturated carbocycles. The van der Waals surface area contributed by atoms with E-state index < -0.39 is 77.7 Å². The van der Waals surface area contributed by atoms with E-state index in [9.17, 15) is 28.8 Å². The number of benzene rings is 2. The van der Waals surface area contributed by atoms with Crippen molar-refractivity contribution >= 4 is 46.4 Å². The van der Waals surface area contributed by atoms with Crippen LogP contribution in [-0.4, -0.2) is 81.7 Å². The number of carbonyl (C=O) groups is 6. The van der Waals surface area contributed by atoms with Crippen LogP contribution in [-0.2, 0) is 39.9 Å². The van der Waals surface area contributed by atoms with Crippen LogP contribution in [0.1, 0.15) is 77.5 Å². The van der Waals surface area contributed by atoms with Crippen molar-refractivity contribution in [2.45, 2.75) is 103 Å². The Labute approximate surface area is 297 Å². The van der Waals surface area contributed by atoms with Crippen molar-refractivity contribution in [3.63, 3.8) is 0 Å². The summed E-state index contributed by atoms with van der Waals surface area (Å²) in [4.78, 5) is 88.2. The van der Waals surface area contributed by atoms with Gasteiger partial charge in [0.2, 0.25) is 29.5 Å². The van der Waals surface area contributed by atoms with E-state index in [1.807, 2.05) is 38.1 Å². The van der Waals surface area contributed by atoms with Crippen LogP contribution >= 0.6 is 0 Å². The van der Waals surface area contributed by atoms with Crippen LogP contribution in [0.25, 0.3) is 10.9 Å². The number of aromatic nitrogens is 1. The van der Waals surface area contributed by atoms with Crippen LogP contribution in [0.5, 0.6) is 0 Å². The Morgan fingerprint density at radius 1 is 0.824 bits per heavy atom. The Kier molecular flexibility index (Phi) is 11.5. The molecule has 51 heavy (non-hydrogen) atoms. The lowest BCUT2D eigenvalue weighted by molar-refractivity contribution is -0.158. The highest BCUT2D eigenvalue weighted by molar-refractivity contribution is 5.99. The molecule has 5 rings (SSSR count). The van der Waals surface area contributed by atoms with Gasteiger partial charge in [-0.25, -0.2) is 0 Å². The highest BCUT2D eigenvalue weighted by Crippen LogP contribution is 2.24. The van der Waals surface area contributed by atoms with Crippen LogP contribution in [0.15, 0.2) is 60.8 Å². The van der Waals surface area contributed by atoms with Crippen molar-refractivity contribution in [2.24, 2.45) is 5.92 Å². The summed E-state index contributed by atoms with van der Waals surface area (Å²) in [6.45, 7) is 9.10. The lowest BCUT2D eigenvalue weighted by atomic mass is 9.99. The Morgan fingerprint density at radius 2 is 1.47 bits per heavy atom. The summed E-state index contributed by atoms with van der Waals surface area (Å²) in [5, 5.41) is 12.1. The number of H-pyrrole nitrogens is 1. The summed E-state index contributed by atoms with van der Waals surface area (Å²) in [7, 11) is 0. The Bertz CT molecular complexity index is 1760. The van der Waals surface area contributed by atoms with Crippen LogP contribution in [0.4, 0.5) is 0 Å². The second-order valence-corrected chi connectivity index (χ2v) is 14.7. The topological polar surface area (TPSA) is 179 Å². The van der Waals surface area contributed by atoms with E-state index in [0.717, 1.165) is 16.5 Å². The van der Waals surface area contributed by atoms with Gasteiger partial charge in [-0.1, -0.05) is 62.4 Å². The number of amides is 5. The molecule has 2 aliphatic heterocycles. The number of nitrogens with zero attached hydrogens (tertiary/aromatic N) is 1. The summed E-state index contributed by atoms with van der Waals surface area (Å²) in [5.41, 5.74) is 1.21. The predicted molar refractivity (Wildman–Crippen MR) is 190 cm³/mol. The number of esters is 1. The third kappa shape index (κ3) is 9.33. The number of carbonyl (C=O) groups excluding carboxylic acids is 6. The van der Waals surface area contributed by atoms with Gasteiger partial charge in [0.1, 0.15) is 35.8 Å². The molecule has 0 radical (unpaired) electrons. The van der Waals surface area contributed by atoms with Gasteiger partial charge < -0.3 is 35.9 Å². The Hall–Kier alpha value is -5.20. The van der Waals surface area contributed by atoms with Crippen molar-refractivity contribution < 1.29 is 33.5 Å². The fraction of sp³-hybridized carbons (Fsp3) is 0.474. The standard InChI is InChI=1S/C38H48N6O7/c1-22(2)18-27-33(46)40-28(19-24-21-39-26-15-10-9-14-25(24)26)34(47)42-29(20-31(45)51-38(3,4)5)37(50)44-17-11-16-30(44)35(48)43-32(36(49)41-27)23-12-7-6-8-13-23/h6-10,12-15,21-22,27-30,32,39H,11,16-20H2,1-5H3,(H,40,46)(H,41,49)(H,42,47)(H,43,48)/t27-,28+,29+,30-,32+/m0/s1. The van der Waals surface area contributed by atoms with E-state index in [0.29, 0.717) is 18.4 Å². The van der Waals surface area contributed by atoms with E-state index in [4.69, 9.17) is 4.74 Å². The number of hydrogen-bond acceptors (Lipinski definition) is 7. The molecule has 2 fully saturated rings. The van der Waals surface area contributed by atoms with E-state index in [-0.39, 0.29) is 25.3 Å². The van der Waals surface area contributed by atoms with Crippen molar-refractivity contribution in [1.82, 2.24) is 31.2 Å². The average molecular weight is 701 g/mol. The van der Waals surface area contributed by atoms with Gasteiger partial charge in [0.15, 0.2) is 0 Å². The van der Waals surface area contributed by atoms with E-state index in [1.165, 1.54) is 4.90 Å². The van der Waals surface area contributed by atoms with Gasteiger partial charge >= 0.3 is 5.97 Å². The molecule has 3 heterocycles. The minimum Gasteiger partial charge on any atom is -0.460 e.